The summed E-state index contributed by atoms with van der Waals surface area (Å²) >= 11 is 0. The number of nitrogens with one attached hydrogen (secondary N) is 3. The first-order valence-corrected chi connectivity index (χ1v) is 11.5. The van der Waals surface area contributed by atoms with Crippen LogP contribution in [0.25, 0.3) is 0 Å². The van der Waals surface area contributed by atoms with E-state index in [1.54, 1.807) is 0 Å². The molecule has 0 atom stereocenters. The van der Waals surface area contributed by atoms with Gasteiger partial charge < -0.3 is 21.7 Å². The average Bonchev–Trinajstić information content (AvgIpc) is 2.68. The second-order valence-corrected chi connectivity index (χ2v) is 8.05. The topological polar surface area (TPSA) is 62.1 Å². The predicted octanol–water partition coefficient (Wildman–Crippen LogP) is 4.47. The van der Waals surface area contributed by atoms with Crippen molar-refractivity contribution in [1.82, 2.24) is 16.0 Å². The van der Waals surface area contributed by atoms with Crippen LogP contribution >= 0.6 is 0 Å². The molecule has 0 aromatic heterocycles. The van der Waals surface area contributed by atoms with Gasteiger partial charge in [-0.3, -0.25) is 0 Å². The quantitative estimate of drug-likeness (QED) is 0.146. The zero-order valence-electron chi connectivity index (χ0n) is 19.7. The highest BCUT2D eigenvalue weighted by Crippen LogP contribution is 2.07. The fourth-order valence-electron chi connectivity index (χ4n) is 2.75. The van der Waals surface area contributed by atoms with E-state index >= 15 is 0 Å². The van der Waals surface area contributed by atoms with Crippen molar-refractivity contribution in [2.24, 2.45) is 5.73 Å². The summed E-state index contributed by atoms with van der Waals surface area (Å²) in [4.78, 5) is 0. The number of hydrogen-bond donors (Lipinski definition) is 4. The predicted molar refractivity (Wildman–Crippen MR) is 131 cm³/mol. The maximum Gasteiger partial charge on any atom is 0.0137 e. The fraction of sp³-hybridized carbons (Fsp3) is 0.680. The Balaban J connectivity index is 3.51. The minimum Gasteiger partial charge on any atom is -0.330 e. The molecule has 0 unspecified atom stereocenters. The van der Waals surface area contributed by atoms with Crippen LogP contribution in [0.4, 0.5) is 0 Å². The Hall–Kier alpha value is -1.20. The molecule has 0 rings (SSSR count). The van der Waals surface area contributed by atoms with Crippen LogP contribution in [0.2, 0.25) is 0 Å². The molecule has 0 aromatic rings. The van der Waals surface area contributed by atoms with Crippen LogP contribution in [-0.2, 0) is 0 Å². The number of allylic oxidation sites excluding steroid dienone is 7. The third-order valence-corrected chi connectivity index (χ3v) is 4.61. The van der Waals surface area contributed by atoms with E-state index < -0.39 is 0 Å². The smallest absolute Gasteiger partial charge is 0.0137 e. The standard InChI is InChI=1S/C25H48N4/c1-23(2)11-7-12-24(3)13-8-14-25(4)15-22-29-21-10-20-28-18-6-5-17-27-19-9-16-26/h7,11-13,15,27-29H,5-6,8-10,14,16-22,26H2,1-4H3/b12-7-,24-13-,25-15+. The third kappa shape index (κ3) is 22.9. The monoisotopic (exact) mass is 404 g/mol. The van der Waals surface area contributed by atoms with Crippen molar-refractivity contribution in [3.63, 3.8) is 0 Å². The second kappa shape index (κ2) is 21.5. The van der Waals surface area contributed by atoms with Gasteiger partial charge in [-0.15, -0.1) is 0 Å². The zero-order chi connectivity index (χ0) is 21.6. The number of nitrogens with two attached hydrogens (primary N) is 1. The molecule has 0 aliphatic carbocycles. The summed E-state index contributed by atoms with van der Waals surface area (Å²) in [5, 5.41) is 10.5. The lowest BCUT2D eigenvalue weighted by Crippen LogP contribution is -2.24. The SMILES string of the molecule is CC(C)=C/C=C\C(C)=C/CC/C(C)=C/CNCCCNCCCCNCCCN. The van der Waals surface area contributed by atoms with Gasteiger partial charge >= 0.3 is 0 Å². The Morgan fingerprint density at radius 1 is 0.759 bits per heavy atom. The molecule has 4 nitrogen and oxygen atoms in total. The van der Waals surface area contributed by atoms with Gasteiger partial charge in [0.25, 0.3) is 0 Å². The minimum absolute atomic E-state index is 0.782. The van der Waals surface area contributed by atoms with Crippen LogP contribution < -0.4 is 21.7 Å². The lowest BCUT2D eigenvalue weighted by molar-refractivity contribution is 0.561. The van der Waals surface area contributed by atoms with Crippen LogP contribution in [0.15, 0.2) is 47.1 Å². The van der Waals surface area contributed by atoms with Gasteiger partial charge in [0.15, 0.2) is 0 Å². The summed E-state index contributed by atoms with van der Waals surface area (Å²) < 4.78 is 0. The van der Waals surface area contributed by atoms with Gasteiger partial charge in [-0.05, 0) is 105 Å². The molecule has 0 amide bonds. The average molecular weight is 405 g/mol. The van der Waals surface area contributed by atoms with Gasteiger partial charge in [0, 0.05) is 6.54 Å². The maximum absolute atomic E-state index is 5.47. The molecule has 0 aliphatic rings. The van der Waals surface area contributed by atoms with Crippen molar-refractivity contribution in [2.45, 2.75) is 66.2 Å². The normalized spacial score (nSPS) is 12.7. The van der Waals surface area contributed by atoms with E-state index in [4.69, 9.17) is 5.73 Å². The van der Waals surface area contributed by atoms with Crippen molar-refractivity contribution in [1.29, 1.82) is 0 Å². The first kappa shape index (κ1) is 27.8. The Morgan fingerprint density at radius 3 is 2.03 bits per heavy atom. The highest BCUT2D eigenvalue weighted by molar-refractivity contribution is 5.21. The maximum atomic E-state index is 5.47. The Labute approximate surface area is 181 Å². The fourth-order valence-corrected chi connectivity index (χ4v) is 2.75. The first-order chi connectivity index (χ1) is 14.1. The summed E-state index contributed by atoms with van der Waals surface area (Å²) in [7, 11) is 0. The zero-order valence-corrected chi connectivity index (χ0v) is 19.7. The summed E-state index contributed by atoms with van der Waals surface area (Å²) in [6, 6.07) is 0. The van der Waals surface area contributed by atoms with Gasteiger partial charge in [-0.1, -0.05) is 47.1 Å². The van der Waals surface area contributed by atoms with Crippen LogP contribution in [0.3, 0.4) is 0 Å². The summed E-state index contributed by atoms with van der Waals surface area (Å²) in [6.45, 7) is 15.8. The minimum atomic E-state index is 0.782. The highest BCUT2D eigenvalue weighted by Gasteiger charge is 1.92. The van der Waals surface area contributed by atoms with Gasteiger partial charge in [0.05, 0.1) is 0 Å². The Morgan fingerprint density at radius 2 is 1.38 bits per heavy atom. The second-order valence-electron chi connectivity index (χ2n) is 8.05. The lowest BCUT2D eigenvalue weighted by Gasteiger charge is -2.06. The van der Waals surface area contributed by atoms with E-state index in [9.17, 15) is 0 Å². The Bertz CT molecular complexity index is 485. The molecular weight excluding hydrogens is 356 g/mol. The summed E-state index contributed by atoms with van der Waals surface area (Å²) in [6.07, 6.45) is 18.1. The third-order valence-electron chi connectivity index (χ3n) is 4.61. The molecular formula is C25H48N4. The van der Waals surface area contributed by atoms with Crippen molar-refractivity contribution >= 4 is 0 Å². The Kier molecular flexibility index (Phi) is 20.6. The molecule has 29 heavy (non-hydrogen) atoms. The van der Waals surface area contributed by atoms with E-state index in [-0.39, 0.29) is 0 Å². The molecule has 0 spiro atoms. The molecule has 0 aliphatic heterocycles. The number of hydrogen-bond acceptors (Lipinski definition) is 4. The van der Waals surface area contributed by atoms with E-state index in [0.717, 1.165) is 65.1 Å². The van der Waals surface area contributed by atoms with Crippen molar-refractivity contribution in [3.05, 3.63) is 47.1 Å². The largest absolute Gasteiger partial charge is 0.330 e. The molecule has 5 N–H and O–H groups in total. The van der Waals surface area contributed by atoms with E-state index in [1.165, 1.54) is 36.0 Å². The summed E-state index contributed by atoms with van der Waals surface area (Å²) in [5.74, 6) is 0. The summed E-state index contributed by atoms with van der Waals surface area (Å²) in [5.41, 5.74) is 9.60. The molecule has 0 heterocycles. The van der Waals surface area contributed by atoms with Crippen LogP contribution in [0, 0.1) is 0 Å². The lowest BCUT2D eigenvalue weighted by atomic mass is 10.1. The van der Waals surface area contributed by atoms with Crippen LogP contribution in [-0.4, -0.2) is 45.8 Å². The molecule has 4 heteroatoms. The molecule has 0 radical (unpaired) electrons. The van der Waals surface area contributed by atoms with E-state index in [2.05, 4.69) is 74.0 Å². The first-order valence-electron chi connectivity index (χ1n) is 11.5. The number of unbranched alkanes of at least 4 members (excludes halogenated alkanes) is 1. The van der Waals surface area contributed by atoms with E-state index in [0.29, 0.717) is 0 Å². The number of rotatable bonds is 19. The van der Waals surface area contributed by atoms with Crippen molar-refractivity contribution < 1.29 is 0 Å². The highest BCUT2D eigenvalue weighted by atomic mass is 14.9. The van der Waals surface area contributed by atoms with Crippen LogP contribution in [0.5, 0.6) is 0 Å². The molecule has 0 saturated carbocycles. The van der Waals surface area contributed by atoms with Gasteiger partial charge in [0.1, 0.15) is 0 Å². The molecule has 0 aromatic carbocycles. The van der Waals surface area contributed by atoms with E-state index in [1.807, 2.05) is 0 Å². The molecule has 0 saturated heterocycles. The van der Waals surface area contributed by atoms with Gasteiger partial charge in [-0.25, -0.2) is 0 Å². The van der Waals surface area contributed by atoms with Crippen molar-refractivity contribution in [3.8, 4) is 0 Å². The van der Waals surface area contributed by atoms with Crippen molar-refractivity contribution in [2.75, 3.05) is 45.8 Å². The molecule has 0 fully saturated rings. The van der Waals surface area contributed by atoms with Gasteiger partial charge in [-0.2, -0.15) is 0 Å². The molecule has 168 valence electrons. The molecule has 0 bridgehead atoms. The van der Waals surface area contributed by atoms with Gasteiger partial charge in [0.2, 0.25) is 0 Å². The van der Waals surface area contributed by atoms with Crippen LogP contribution in [0.1, 0.15) is 66.2 Å².